The molecule has 0 aliphatic rings. The molecule has 0 saturated carbocycles. The maximum atomic E-state index is 5.12. The molecule has 1 rings (SSSR count). The minimum atomic E-state index is 0.733. The standard InChI is InChI=1S/C11H14OS/c1-4-13-11-8-6-5-7-10(11)9(2)12-3/h5-8H,2,4H2,1,3H3. The molecular weight excluding hydrogens is 180 g/mol. The molecule has 0 heterocycles. The first-order valence-corrected chi connectivity index (χ1v) is 5.23. The van der Waals surface area contributed by atoms with Crippen molar-refractivity contribution in [1.29, 1.82) is 0 Å². The maximum absolute atomic E-state index is 5.12. The summed E-state index contributed by atoms with van der Waals surface area (Å²) in [5.41, 5.74) is 1.09. The second-order valence-electron chi connectivity index (χ2n) is 2.56. The van der Waals surface area contributed by atoms with Crippen molar-refractivity contribution in [2.24, 2.45) is 0 Å². The number of benzene rings is 1. The molecule has 0 amide bonds. The topological polar surface area (TPSA) is 9.23 Å². The summed E-state index contributed by atoms with van der Waals surface area (Å²) in [6.07, 6.45) is 0. The fourth-order valence-electron chi connectivity index (χ4n) is 1.09. The molecule has 1 aromatic carbocycles. The van der Waals surface area contributed by atoms with E-state index in [1.165, 1.54) is 4.90 Å². The van der Waals surface area contributed by atoms with Crippen molar-refractivity contribution >= 4 is 17.5 Å². The van der Waals surface area contributed by atoms with Crippen LogP contribution in [0.15, 0.2) is 35.7 Å². The molecule has 0 aliphatic carbocycles. The lowest BCUT2D eigenvalue weighted by Crippen LogP contribution is -1.88. The van der Waals surface area contributed by atoms with Crippen LogP contribution in [0.4, 0.5) is 0 Å². The van der Waals surface area contributed by atoms with Crippen LogP contribution < -0.4 is 0 Å². The van der Waals surface area contributed by atoms with E-state index in [2.05, 4.69) is 19.6 Å². The molecule has 0 spiro atoms. The highest BCUT2D eigenvalue weighted by Gasteiger charge is 2.04. The molecule has 1 aromatic rings. The Hall–Kier alpha value is -0.890. The Morgan fingerprint density at radius 2 is 2.15 bits per heavy atom. The highest BCUT2D eigenvalue weighted by Crippen LogP contribution is 2.27. The van der Waals surface area contributed by atoms with Crippen LogP contribution in [0.5, 0.6) is 0 Å². The molecule has 0 unspecified atom stereocenters. The smallest absolute Gasteiger partial charge is 0.120 e. The normalized spacial score (nSPS) is 9.69. The monoisotopic (exact) mass is 194 g/mol. The third-order valence-corrected chi connectivity index (χ3v) is 2.69. The molecule has 0 atom stereocenters. The van der Waals surface area contributed by atoms with Crippen molar-refractivity contribution in [1.82, 2.24) is 0 Å². The van der Waals surface area contributed by atoms with Gasteiger partial charge in [-0.15, -0.1) is 11.8 Å². The van der Waals surface area contributed by atoms with Crippen LogP contribution in [0.25, 0.3) is 5.76 Å². The Balaban J connectivity index is 2.97. The van der Waals surface area contributed by atoms with Crippen molar-refractivity contribution < 1.29 is 4.74 Å². The number of rotatable bonds is 4. The van der Waals surface area contributed by atoms with Gasteiger partial charge in [0.1, 0.15) is 5.76 Å². The van der Waals surface area contributed by atoms with Gasteiger partial charge < -0.3 is 4.74 Å². The van der Waals surface area contributed by atoms with Crippen molar-refractivity contribution in [3.05, 3.63) is 36.4 Å². The Bertz CT molecular complexity index is 294. The lowest BCUT2D eigenvalue weighted by atomic mass is 10.2. The number of hydrogen-bond donors (Lipinski definition) is 0. The van der Waals surface area contributed by atoms with Crippen molar-refractivity contribution in [2.75, 3.05) is 12.9 Å². The van der Waals surface area contributed by atoms with Gasteiger partial charge >= 0.3 is 0 Å². The highest BCUT2D eigenvalue weighted by atomic mass is 32.2. The van der Waals surface area contributed by atoms with Gasteiger partial charge in [0.05, 0.1) is 7.11 Å². The van der Waals surface area contributed by atoms with Gasteiger partial charge in [-0.1, -0.05) is 31.7 Å². The molecule has 13 heavy (non-hydrogen) atoms. The summed E-state index contributed by atoms with van der Waals surface area (Å²) in [4.78, 5) is 1.23. The zero-order valence-corrected chi connectivity index (χ0v) is 8.86. The minimum Gasteiger partial charge on any atom is -0.497 e. The van der Waals surface area contributed by atoms with Crippen LogP contribution in [-0.4, -0.2) is 12.9 Å². The van der Waals surface area contributed by atoms with E-state index in [1.54, 1.807) is 18.9 Å². The van der Waals surface area contributed by atoms with Crippen LogP contribution >= 0.6 is 11.8 Å². The summed E-state index contributed by atoms with van der Waals surface area (Å²) < 4.78 is 5.12. The van der Waals surface area contributed by atoms with E-state index in [-0.39, 0.29) is 0 Å². The third kappa shape index (κ3) is 2.52. The van der Waals surface area contributed by atoms with E-state index in [1.807, 2.05) is 18.2 Å². The van der Waals surface area contributed by atoms with E-state index in [4.69, 9.17) is 4.74 Å². The molecular formula is C11H14OS. The molecule has 0 bridgehead atoms. The van der Waals surface area contributed by atoms with Crippen LogP contribution in [0, 0.1) is 0 Å². The van der Waals surface area contributed by atoms with E-state index in [9.17, 15) is 0 Å². The van der Waals surface area contributed by atoms with Crippen molar-refractivity contribution in [3.8, 4) is 0 Å². The molecule has 70 valence electrons. The first-order valence-electron chi connectivity index (χ1n) is 4.24. The summed E-state index contributed by atoms with van der Waals surface area (Å²) in [7, 11) is 1.65. The largest absolute Gasteiger partial charge is 0.497 e. The van der Waals surface area contributed by atoms with Gasteiger partial charge in [-0.25, -0.2) is 0 Å². The number of hydrogen-bond acceptors (Lipinski definition) is 2. The third-order valence-electron chi connectivity index (χ3n) is 1.73. The van der Waals surface area contributed by atoms with Gasteiger partial charge in [0.15, 0.2) is 0 Å². The van der Waals surface area contributed by atoms with Gasteiger partial charge in [-0.05, 0) is 11.8 Å². The van der Waals surface area contributed by atoms with Crippen molar-refractivity contribution in [2.45, 2.75) is 11.8 Å². The summed E-state index contributed by atoms with van der Waals surface area (Å²) >= 11 is 1.80. The van der Waals surface area contributed by atoms with E-state index >= 15 is 0 Å². The van der Waals surface area contributed by atoms with Gasteiger partial charge in [0.2, 0.25) is 0 Å². The highest BCUT2D eigenvalue weighted by molar-refractivity contribution is 7.99. The second-order valence-corrected chi connectivity index (χ2v) is 3.86. The second kappa shape index (κ2) is 4.97. The lowest BCUT2D eigenvalue weighted by Gasteiger charge is -2.09. The van der Waals surface area contributed by atoms with Gasteiger partial charge in [-0.2, -0.15) is 0 Å². The number of thioether (sulfide) groups is 1. The lowest BCUT2D eigenvalue weighted by molar-refractivity contribution is 0.370. The first kappa shape index (κ1) is 10.2. The summed E-state index contributed by atoms with van der Waals surface area (Å²) in [5.74, 6) is 1.80. The van der Waals surface area contributed by atoms with Crippen molar-refractivity contribution in [3.63, 3.8) is 0 Å². The molecule has 0 saturated heterocycles. The SMILES string of the molecule is C=C(OC)c1ccccc1SCC. The Labute approximate surface area is 83.8 Å². The van der Waals surface area contributed by atoms with Gasteiger partial charge in [0.25, 0.3) is 0 Å². The quantitative estimate of drug-likeness (QED) is 0.536. The molecule has 0 aromatic heterocycles. The zero-order valence-electron chi connectivity index (χ0n) is 8.04. The fraction of sp³-hybridized carbons (Fsp3) is 0.273. The van der Waals surface area contributed by atoms with Crippen LogP contribution in [0.3, 0.4) is 0 Å². The summed E-state index contributed by atoms with van der Waals surface area (Å²) in [6, 6.07) is 8.15. The Morgan fingerprint density at radius 3 is 2.77 bits per heavy atom. The van der Waals surface area contributed by atoms with Crippen LogP contribution in [0.2, 0.25) is 0 Å². The molecule has 1 nitrogen and oxygen atoms in total. The molecule has 2 heteroatoms. The number of ether oxygens (including phenoxy) is 1. The van der Waals surface area contributed by atoms with E-state index < -0.39 is 0 Å². The summed E-state index contributed by atoms with van der Waals surface area (Å²) in [5, 5.41) is 0. The Morgan fingerprint density at radius 1 is 1.46 bits per heavy atom. The maximum Gasteiger partial charge on any atom is 0.120 e. The Kier molecular flexibility index (Phi) is 3.90. The van der Waals surface area contributed by atoms with E-state index in [0.29, 0.717) is 0 Å². The predicted molar refractivity (Wildman–Crippen MR) is 58.9 cm³/mol. The van der Waals surface area contributed by atoms with E-state index in [0.717, 1.165) is 17.1 Å². The first-order chi connectivity index (χ1) is 6.29. The number of methoxy groups -OCH3 is 1. The van der Waals surface area contributed by atoms with Crippen LogP contribution in [-0.2, 0) is 4.74 Å². The average molecular weight is 194 g/mol. The zero-order chi connectivity index (χ0) is 9.68. The molecule has 0 fully saturated rings. The minimum absolute atomic E-state index is 0.733. The summed E-state index contributed by atoms with van der Waals surface area (Å²) in [6.45, 7) is 5.99. The molecule has 0 radical (unpaired) electrons. The predicted octanol–water partition coefficient (Wildman–Crippen LogP) is 3.42. The van der Waals surface area contributed by atoms with Crippen LogP contribution in [0.1, 0.15) is 12.5 Å². The molecule has 0 N–H and O–H groups in total. The van der Waals surface area contributed by atoms with Gasteiger partial charge in [0, 0.05) is 10.5 Å². The molecule has 0 aliphatic heterocycles. The van der Waals surface area contributed by atoms with Gasteiger partial charge in [-0.3, -0.25) is 0 Å². The fourth-order valence-corrected chi connectivity index (χ4v) is 1.91. The average Bonchev–Trinajstić information content (AvgIpc) is 2.18.